The van der Waals surface area contributed by atoms with Crippen LogP contribution in [0.2, 0.25) is 0 Å². The summed E-state index contributed by atoms with van der Waals surface area (Å²) in [5.74, 6) is 3.17. The fraction of sp³-hybridized carbons (Fsp3) is 0.429. The molecule has 2 aromatic heterocycles. The van der Waals surface area contributed by atoms with Crippen LogP contribution in [0.15, 0.2) is 42.6 Å². The zero-order valence-corrected chi connectivity index (χ0v) is 16.5. The lowest BCUT2D eigenvalue weighted by atomic mass is 9.99. The number of nitrogens with one attached hydrogen (secondary N) is 3. The molecule has 3 heterocycles. The highest BCUT2D eigenvalue weighted by Crippen LogP contribution is 2.24. The predicted molar refractivity (Wildman–Crippen MR) is 113 cm³/mol. The van der Waals surface area contributed by atoms with Gasteiger partial charge in [0.25, 0.3) is 0 Å². The minimum absolute atomic E-state index is 0.409. The largest absolute Gasteiger partial charge is 0.494 e. The third-order valence-corrected chi connectivity index (χ3v) is 5.15. The van der Waals surface area contributed by atoms with Gasteiger partial charge >= 0.3 is 0 Å². The third kappa shape index (κ3) is 4.20. The standard InChI is InChI=1S/C21H28N6O/c1-3-28-17-8-6-16(7-9-17)24-21-13-19(26-20-10-12-23-27(20)21)25-18-5-4-11-22-14-15(18)2/h6-10,12-13,15,18,22,24H,3-5,11,14H2,1-2H3,(H,25,26). The van der Waals surface area contributed by atoms with Crippen molar-refractivity contribution in [3.05, 3.63) is 42.6 Å². The molecule has 4 rings (SSSR count). The quantitative estimate of drug-likeness (QED) is 0.606. The Morgan fingerprint density at radius 1 is 1.25 bits per heavy atom. The highest BCUT2D eigenvalue weighted by atomic mass is 16.5. The van der Waals surface area contributed by atoms with E-state index in [0.717, 1.165) is 48.2 Å². The second-order valence-corrected chi connectivity index (χ2v) is 7.28. The van der Waals surface area contributed by atoms with E-state index in [1.54, 1.807) is 6.20 Å². The van der Waals surface area contributed by atoms with E-state index in [9.17, 15) is 0 Å². The van der Waals surface area contributed by atoms with Crippen LogP contribution in [0, 0.1) is 5.92 Å². The minimum atomic E-state index is 0.409. The van der Waals surface area contributed by atoms with Crippen LogP contribution in [-0.2, 0) is 0 Å². The zero-order chi connectivity index (χ0) is 19.3. The SMILES string of the molecule is CCOc1ccc(Nc2cc(NC3CCCNCC3C)nc3ccnn23)cc1. The molecule has 0 bridgehead atoms. The Bertz CT molecular complexity index is 907. The molecule has 2 unspecified atom stereocenters. The van der Waals surface area contributed by atoms with Gasteiger partial charge in [0.1, 0.15) is 17.4 Å². The monoisotopic (exact) mass is 380 g/mol. The van der Waals surface area contributed by atoms with Crippen LogP contribution in [-0.4, -0.2) is 40.3 Å². The van der Waals surface area contributed by atoms with Gasteiger partial charge < -0.3 is 20.7 Å². The molecule has 0 radical (unpaired) electrons. The predicted octanol–water partition coefficient (Wildman–Crippen LogP) is 3.67. The lowest BCUT2D eigenvalue weighted by Gasteiger charge is -2.23. The van der Waals surface area contributed by atoms with E-state index in [4.69, 9.17) is 9.72 Å². The summed E-state index contributed by atoms with van der Waals surface area (Å²) in [6.45, 7) is 7.05. The van der Waals surface area contributed by atoms with Crippen molar-refractivity contribution in [3.63, 3.8) is 0 Å². The first-order chi connectivity index (χ1) is 13.7. The van der Waals surface area contributed by atoms with Gasteiger partial charge in [-0.15, -0.1) is 0 Å². The van der Waals surface area contributed by atoms with E-state index in [1.807, 2.05) is 47.8 Å². The van der Waals surface area contributed by atoms with E-state index < -0.39 is 0 Å². The van der Waals surface area contributed by atoms with E-state index in [0.29, 0.717) is 18.6 Å². The molecule has 1 fully saturated rings. The van der Waals surface area contributed by atoms with Crippen LogP contribution < -0.4 is 20.7 Å². The van der Waals surface area contributed by atoms with E-state index in [1.165, 1.54) is 6.42 Å². The van der Waals surface area contributed by atoms with Crippen LogP contribution in [0.5, 0.6) is 5.75 Å². The molecule has 0 spiro atoms. The van der Waals surface area contributed by atoms with Gasteiger partial charge in [0.15, 0.2) is 5.65 Å². The van der Waals surface area contributed by atoms with E-state index in [-0.39, 0.29) is 0 Å². The number of anilines is 3. The van der Waals surface area contributed by atoms with Crippen molar-refractivity contribution in [2.45, 2.75) is 32.7 Å². The van der Waals surface area contributed by atoms with E-state index in [2.05, 4.69) is 28.0 Å². The maximum atomic E-state index is 5.52. The van der Waals surface area contributed by atoms with Gasteiger partial charge in [0, 0.05) is 23.9 Å². The van der Waals surface area contributed by atoms with Crippen molar-refractivity contribution < 1.29 is 4.74 Å². The van der Waals surface area contributed by atoms with Crippen LogP contribution in [0.25, 0.3) is 5.65 Å². The van der Waals surface area contributed by atoms with Gasteiger partial charge in [0.2, 0.25) is 0 Å². The second kappa shape index (κ2) is 8.48. The maximum Gasteiger partial charge on any atom is 0.159 e. The number of fused-ring (bicyclic) bond motifs is 1. The molecule has 1 aromatic carbocycles. The molecule has 7 heteroatoms. The number of ether oxygens (including phenoxy) is 1. The van der Waals surface area contributed by atoms with Gasteiger partial charge in [-0.3, -0.25) is 0 Å². The summed E-state index contributed by atoms with van der Waals surface area (Å²) in [5, 5.41) is 15.0. The molecule has 0 saturated carbocycles. The molecule has 28 heavy (non-hydrogen) atoms. The summed E-state index contributed by atoms with van der Waals surface area (Å²) >= 11 is 0. The first kappa shape index (κ1) is 18.6. The van der Waals surface area contributed by atoms with Crippen molar-refractivity contribution in [3.8, 4) is 5.75 Å². The maximum absolute atomic E-state index is 5.52. The van der Waals surface area contributed by atoms with Crippen molar-refractivity contribution in [2.24, 2.45) is 5.92 Å². The molecule has 1 saturated heterocycles. The topological polar surface area (TPSA) is 75.5 Å². The Morgan fingerprint density at radius 3 is 2.93 bits per heavy atom. The Labute approximate surface area is 165 Å². The molecule has 3 aromatic rings. The lowest BCUT2D eigenvalue weighted by molar-refractivity contribution is 0.340. The molecule has 1 aliphatic rings. The fourth-order valence-electron chi connectivity index (χ4n) is 3.63. The smallest absolute Gasteiger partial charge is 0.159 e. The molecule has 2 atom stereocenters. The van der Waals surface area contributed by atoms with Gasteiger partial charge in [-0.1, -0.05) is 6.92 Å². The summed E-state index contributed by atoms with van der Waals surface area (Å²) < 4.78 is 7.34. The Hall–Kier alpha value is -2.80. The molecular formula is C21H28N6O. The summed E-state index contributed by atoms with van der Waals surface area (Å²) in [6, 6.07) is 12.3. The van der Waals surface area contributed by atoms with Crippen LogP contribution >= 0.6 is 0 Å². The van der Waals surface area contributed by atoms with Crippen LogP contribution in [0.3, 0.4) is 0 Å². The number of benzene rings is 1. The number of nitrogens with zero attached hydrogens (tertiary/aromatic N) is 3. The fourth-order valence-corrected chi connectivity index (χ4v) is 3.63. The molecule has 0 amide bonds. The van der Waals surface area contributed by atoms with Gasteiger partial charge in [-0.25, -0.2) is 4.98 Å². The zero-order valence-electron chi connectivity index (χ0n) is 16.5. The summed E-state index contributed by atoms with van der Waals surface area (Å²) in [6.07, 6.45) is 4.09. The first-order valence-electron chi connectivity index (χ1n) is 10.0. The Morgan fingerprint density at radius 2 is 2.11 bits per heavy atom. The number of hydrogen-bond donors (Lipinski definition) is 3. The highest BCUT2D eigenvalue weighted by Gasteiger charge is 2.20. The number of hydrogen-bond acceptors (Lipinski definition) is 6. The third-order valence-electron chi connectivity index (χ3n) is 5.15. The minimum Gasteiger partial charge on any atom is -0.494 e. The Balaban J connectivity index is 1.58. The molecule has 0 aliphatic carbocycles. The van der Waals surface area contributed by atoms with Crippen LogP contribution in [0.4, 0.5) is 17.3 Å². The Kier molecular flexibility index (Phi) is 5.62. The van der Waals surface area contributed by atoms with Crippen molar-refractivity contribution in [1.82, 2.24) is 19.9 Å². The molecular weight excluding hydrogens is 352 g/mol. The molecule has 7 nitrogen and oxygen atoms in total. The van der Waals surface area contributed by atoms with Gasteiger partial charge in [-0.05, 0) is 63.0 Å². The van der Waals surface area contributed by atoms with Gasteiger partial charge in [-0.2, -0.15) is 9.61 Å². The normalized spacial score (nSPS) is 19.9. The number of rotatable bonds is 6. The highest BCUT2D eigenvalue weighted by molar-refractivity contribution is 5.64. The van der Waals surface area contributed by atoms with Gasteiger partial charge in [0.05, 0.1) is 12.8 Å². The van der Waals surface area contributed by atoms with Crippen LogP contribution in [0.1, 0.15) is 26.7 Å². The van der Waals surface area contributed by atoms with E-state index >= 15 is 0 Å². The van der Waals surface area contributed by atoms with Crippen molar-refractivity contribution in [2.75, 3.05) is 30.3 Å². The molecule has 1 aliphatic heterocycles. The summed E-state index contributed by atoms with van der Waals surface area (Å²) in [5.41, 5.74) is 1.79. The second-order valence-electron chi connectivity index (χ2n) is 7.28. The molecule has 3 N–H and O–H groups in total. The molecule has 148 valence electrons. The van der Waals surface area contributed by atoms with Crippen molar-refractivity contribution in [1.29, 1.82) is 0 Å². The summed E-state index contributed by atoms with van der Waals surface area (Å²) in [7, 11) is 0. The van der Waals surface area contributed by atoms with Crippen molar-refractivity contribution >= 4 is 23.0 Å². The average Bonchev–Trinajstić information content (AvgIpc) is 3.08. The summed E-state index contributed by atoms with van der Waals surface area (Å²) in [4.78, 5) is 4.74. The average molecular weight is 380 g/mol. The lowest BCUT2D eigenvalue weighted by Crippen LogP contribution is -2.31. The first-order valence-corrected chi connectivity index (χ1v) is 10.0. The number of aromatic nitrogens is 3.